The minimum Gasteiger partial charge on any atom is -0.465 e. The van der Waals surface area contributed by atoms with Gasteiger partial charge in [-0.3, -0.25) is 9.59 Å². The van der Waals surface area contributed by atoms with Crippen molar-refractivity contribution >= 4 is 29.4 Å². The Bertz CT molecular complexity index is 1080. The van der Waals surface area contributed by atoms with Gasteiger partial charge < -0.3 is 24.3 Å². The van der Waals surface area contributed by atoms with E-state index in [9.17, 15) is 19.2 Å². The Balaban J connectivity index is 1.68. The van der Waals surface area contributed by atoms with Crippen molar-refractivity contribution in [2.24, 2.45) is 0 Å². The number of aromatic nitrogens is 2. The number of hydrogen-bond acceptors (Lipinski definition) is 8. The van der Waals surface area contributed by atoms with Gasteiger partial charge in [-0.15, -0.1) is 0 Å². The van der Waals surface area contributed by atoms with Crippen LogP contribution in [0.4, 0.5) is 5.82 Å². The first-order valence-corrected chi connectivity index (χ1v) is 11.2. The number of amides is 1. The van der Waals surface area contributed by atoms with Gasteiger partial charge in [-0.2, -0.15) is 0 Å². The van der Waals surface area contributed by atoms with Crippen LogP contribution in [0.3, 0.4) is 0 Å². The largest absolute Gasteiger partial charge is 0.465 e. The molecule has 3 heterocycles. The normalized spacial score (nSPS) is 13.9. The van der Waals surface area contributed by atoms with Crippen LogP contribution in [0.5, 0.6) is 0 Å². The number of hydrogen-bond donors (Lipinski definition) is 1. The number of methoxy groups -OCH3 is 1. The molecule has 10 heteroatoms. The lowest BCUT2D eigenvalue weighted by molar-refractivity contribution is -0.130. The molecule has 1 saturated heterocycles. The third-order valence-electron chi connectivity index (χ3n) is 5.83. The fraction of sp³-hybridized carbons (Fsp3) is 0.458. The third-order valence-corrected chi connectivity index (χ3v) is 5.83. The summed E-state index contributed by atoms with van der Waals surface area (Å²) in [6, 6.07) is 3.46. The van der Waals surface area contributed by atoms with E-state index >= 15 is 0 Å². The highest BCUT2D eigenvalue weighted by molar-refractivity contribution is 6.01. The molecule has 0 aromatic carbocycles. The molecular weight excluding hydrogens is 440 g/mol. The minimum atomic E-state index is -0.580. The van der Waals surface area contributed by atoms with E-state index in [1.807, 2.05) is 0 Å². The molecular formula is C24H30N4O6. The molecule has 3 rings (SSSR count). The van der Waals surface area contributed by atoms with E-state index in [-0.39, 0.29) is 23.7 Å². The Morgan fingerprint density at radius 1 is 1.09 bits per heavy atom. The van der Waals surface area contributed by atoms with Crippen molar-refractivity contribution in [2.45, 2.75) is 33.6 Å². The topological polar surface area (TPSA) is 122 Å². The lowest BCUT2D eigenvalue weighted by Crippen LogP contribution is -2.36. The molecule has 0 unspecified atom stereocenters. The van der Waals surface area contributed by atoms with Gasteiger partial charge in [0.25, 0.3) is 0 Å². The first-order chi connectivity index (χ1) is 16.3. The Labute approximate surface area is 198 Å². The molecule has 1 N–H and O–H groups in total. The molecule has 1 amide bonds. The second-order valence-electron chi connectivity index (χ2n) is 8.05. The first-order valence-electron chi connectivity index (χ1n) is 11.2. The molecule has 0 bridgehead atoms. The number of esters is 2. The molecule has 10 nitrogen and oxygen atoms in total. The number of nitrogens with zero attached hydrogens (tertiary/aromatic N) is 3. The van der Waals surface area contributed by atoms with Crippen LogP contribution in [-0.4, -0.2) is 78.4 Å². The van der Waals surface area contributed by atoms with Crippen LogP contribution in [-0.2, 0) is 20.7 Å². The van der Waals surface area contributed by atoms with Crippen LogP contribution in [0.1, 0.15) is 62.7 Å². The van der Waals surface area contributed by atoms with Crippen molar-refractivity contribution in [2.75, 3.05) is 44.8 Å². The number of pyridine rings is 1. The van der Waals surface area contributed by atoms with Crippen molar-refractivity contribution in [1.29, 1.82) is 0 Å². The van der Waals surface area contributed by atoms with Crippen molar-refractivity contribution in [3.63, 3.8) is 0 Å². The average molecular weight is 471 g/mol. The maximum atomic E-state index is 13.1. The van der Waals surface area contributed by atoms with Gasteiger partial charge in [-0.05, 0) is 38.0 Å². The van der Waals surface area contributed by atoms with Crippen molar-refractivity contribution in [3.05, 3.63) is 46.4 Å². The van der Waals surface area contributed by atoms with E-state index in [0.717, 1.165) is 12.2 Å². The molecule has 1 fully saturated rings. The minimum absolute atomic E-state index is 0.0367. The predicted molar refractivity (Wildman–Crippen MR) is 124 cm³/mol. The van der Waals surface area contributed by atoms with Gasteiger partial charge in [0.1, 0.15) is 5.82 Å². The number of aromatic amines is 1. The Morgan fingerprint density at radius 3 is 2.47 bits per heavy atom. The highest BCUT2D eigenvalue weighted by Crippen LogP contribution is 2.22. The number of nitrogens with one attached hydrogen (secondary N) is 1. The summed E-state index contributed by atoms with van der Waals surface area (Å²) in [5.41, 5.74) is 1.81. The summed E-state index contributed by atoms with van der Waals surface area (Å²) in [6.07, 6.45) is 2.19. The maximum Gasteiger partial charge on any atom is 0.339 e. The summed E-state index contributed by atoms with van der Waals surface area (Å²) in [5, 5.41) is 0. The molecule has 0 spiro atoms. The number of rotatable bonds is 7. The molecule has 1 aliphatic heterocycles. The van der Waals surface area contributed by atoms with Crippen molar-refractivity contribution in [1.82, 2.24) is 14.9 Å². The Kier molecular flexibility index (Phi) is 8.04. The standard InChI is InChI=1S/C24H30N4O6/c1-5-34-23(31)17-7-8-19(25-14-17)27-9-6-10-28(12-11-27)20(30)13-18-21(24(32)33-4)15(2)22(26-18)16(3)29/h7-8,14,26H,5-6,9-13H2,1-4H3. The smallest absolute Gasteiger partial charge is 0.339 e. The number of ketones is 1. The van der Waals surface area contributed by atoms with E-state index in [2.05, 4.69) is 14.9 Å². The maximum absolute atomic E-state index is 13.1. The van der Waals surface area contributed by atoms with Gasteiger partial charge in [0.15, 0.2) is 5.78 Å². The molecule has 0 radical (unpaired) electrons. The number of carbonyl (C=O) groups excluding carboxylic acids is 4. The second kappa shape index (κ2) is 11.0. The van der Waals surface area contributed by atoms with Gasteiger partial charge >= 0.3 is 11.9 Å². The predicted octanol–water partition coefficient (Wildman–Crippen LogP) is 2.17. The van der Waals surface area contributed by atoms with Gasteiger partial charge in [0.05, 0.1) is 37.0 Å². The zero-order valence-corrected chi connectivity index (χ0v) is 20.0. The molecule has 0 aliphatic carbocycles. The van der Waals surface area contributed by atoms with Crippen LogP contribution < -0.4 is 4.90 Å². The van der Waals surface area contributed by atoms with Crippen LogP contribution in [0, 0.1) is 6.92 Å². The second-order valence-corrected chi connectivity index (χ2v) is 8.05. The summed E-state index contributed by atoms with van der Waals surface area (Å²) in [7, 11) is 1.27. The lowest BCUT2D eigenvalue weighted by atomic mass is 10.1. The van der Waals surface area contributed by atoms with E-state index in [4.69, 9.17) is 9.47 Å². The molecule has 1 aliphatic rings. The fourth-order valence-corrected chi connectivity index (χ4v) is 4.09. The zero-order valence-electron chi connectivity index (χ0n) is 20.0. The molecule has 0 atom stereocenters. The van der Waals surface area contributed by atoms with Crippen molar-refractivity contribution < 1.29 is 28.7 Å². The highest BCUT2D eigenvalue weighted by Gasteiger charge is 2.27. The molecule has 2 aromatic rings. The Morgan fingerprint density at radius 2 is 1.85 bits per heavy atom. The fourth-order valence-electron chi connectivity index (χ4n) is 4.09. The highest BCUT2D eigenvalue weighted by atomic mass is 16.5. The number of ether oxygens (including phenoxy) is 2. The third kappa shape index (κ3) is 5.44. The number of carbonyl (C=O) groups is 4. The van der Waals surface area contributed by atoms with Crippen LogP contribution in [0.15, 0.2) is 18.3 Å². The van der Waals surface area contributed by atoms with E-state index in [1.165, 1.54) is 20.2 Å². The zero-order chi connectivity index (χ0) is 24.8. The monoisotopic (exact) mass is 470 g/mol. The summed E-state index contributed by atoms with van der Waals surface area (Å²) < 4.78 is 9.85. The van der Waals surface area contributed by atoms with E-state index in [1.54, 1.807) is 30.9 Å². The quantitative estimate of drug-likeness (QED) is 0.483. The molecule has 182 valence electrons. The van der Waals surface area contributed by atoms with E-state index < -0.39 is 11.9 Å². The molecule has 34 heavy (non-hydrogen) atoms. The SMILES string of the molecule is CCOC(=O)c1ccc(N2CCCN(C(=O)Cc3[nH]c(C(C)=O)c(C)c3C(=O)OC)CC2)nc1. The van der Waals surface area contributed by atoms with E-state index in [0.29, 0.717) is 55.3 Å². The molecule has 0 saturated carbocycles. The summed E-state index contributed by atoms with van der Waals surface area (Å²) >= 11 is 0. The summed E-state index contributed by atoms with van der Waals surface area (Å²) in [6.45, 7) is 7.44. The summed E-state index contributed by atoms with van der Waals surface area (Å²) in [4.78, 5) is 60.3. The summed E-state index contributed by atoms with van der Waals surface area (Å²) in [5.74, 6) is -0.625. The van der Waals surface area contributed by atoms with Gasteiger partial charge in [-0.1, -0.05) is 0 Å². The average Bonchev–Trinajstić information content (AvgIpc) is 2.99. The van der Waals surface area contributed by atoms with Gasteiger partial charge in [0.2, 0.25) is 5.91 Å². The van der Waals surface area contributed by atoms with Crippen LogP contribution >= 0.6 is 0 Å². The number of anilines is 1. The number of Topliss-reactive ketones (excluding diaryl/α,β-unsaturated/α-hetero) is 1. The van der Waals surface area contributed by atoms with Gasteiger partial charge in [-0.25, -0.2) is 14.6 Å². The molecule has 2 aromatic heterocycles. The van der Waals surface area contributed by atoms with Gasteiger partial charge in [0, 0.05) is 45.0 Å². The van der Waals surface area contributed by atoms with Crippen molar-refractivity contribution in [3.8, 4) is 0 Å². The number of H-pyrrole nitrogens is 1. The lowest BCUT2D eigenvalue weighted by Gasteiger charge is -2.23. The van der Waals surface area contributed by atoms with Crippen LogP contribution in [0.25, 0.3) is 0 Å². The van der Waals surface area contributed by atoms with Crippen LogP contribution in [0.2, 0.25) is 0 Å². The first kappa shape index (κ1) is 24.9. The Hall–Kier alpha value is -3.69.